The van der Waals surface area contributed by atoms with Gasteiger partial charge in [-0.2, -0.15) is 0 Å². The number of hydrogen-bond acceptors (Lipinski definition) is 0. The van der Waals surface area contributed by atoms with Gasteiger partial charge in [0.25, 0.3) is 0 Å². The molecule has 0 heteroatoms. The van der Waals surface area contributed by atoms with Crippen LogP contribution in [0.2, 0.25) is 0 Å². The number of fused-ring (bicyclic) bond motifs is 3. The van der Waals surface area contributed by atoms with Crippen molar-refractivity contribution >= 4 is 0 Å². The third-order valence-electron chi connectivity index (χ3n) is 7.58. The maximum Gasteiger partial charge on any atom is 0.0213 e. The first-order valence-corrected chi connectivity index (χ1v) is 12.8. The third kappa shape index (κ3) is 4.27. The van der Waals surface area contributed by atoms with E-state index in [4.69, 9.17) is 0 Å². The predicted molar refractivity (Wildman–Crippen MR) is 146 cm³/mol. The average molecular weight is 441 g/mol. The molecule has 2 aromatic carbocycles. The SMILES string of the molecule is CC(C)c1c2c(cc(C(C)(C)C)c1C1C=CC(C(C)(C)C)=C1)-c1cc(C(C)(C)C)ccc1C2. The predicted octanol–water partition coefficient (Wildman–Crippen LogP) is 9.60. The Kier molecular flexibility index (Phi) is 5.63. The summed E-state index contributed by atoms with van der Waals surface area (Å²) in [7, 11) is 0. The van der Waals surface area contributed by atoms with Gasteiger partial charge in [0, 0.05) is 5.92 Å². The first kappa shape index (κ1) is 24.1. The van der Waals surface area contributed by atoms with Gasteiger partial charge >= 0.3 is 0 Å². The second-order valence-electron chi connectivity index (χ2n) is 13.7. The molecule has 2 aliphatic rings. The highest BCUT2D eigenvalue weighted by atomic mass is 14.4. The van der Waals surface area contributed by atoms with Crippen LogP contribution in [-0.2, 0) is 17.3 Å². The number of benzene rings is 2. The molecule has 0 nitrogen and oxygen atoms in total. The quantitative estimate of drug-likeness (QED) is 0.372. The first-order chi connectivity index (χ1) is 15.1. The highest BCUT2D eigenvalue weighted by Crippen LogP contribution is 2.50. The molecule has 2 aliphatic carbocycles. The number of rotatable bonds is 2. The van der Waals surface area contributed by atoms with Crippen molar-refractivity contribution in [1.29, 1.82) is 0 Å². The van der Waals surface area contributed by atoms with Crippen LogP contribution in [0.5, 0.6) is 0 Å². The summed E-state index contributed by atoms with van der Waals surface area (Å²) in [5.41, 5.74) is 14.0. The lowest BCUT2D eigenvalue weighted by Gasteiger charge is -2.31. The monoisotopic (exact) mass is 440 g/mol. The minimum atomic E-state index is 0.0879. The van der Waals surface area contributed by atoms with E-state index in [-0.39, 0.29) is 16.2 Å². The van der Waals surface area contributed by atoms with Crippen molar-refractivity contribution in [2.24, 2.45) is 5.41 Å². The van der Waals surface area contributed by atoms with Gasteiger partial charge < -0.3 is 0 Å². The zero-order valence-electron chi connectivity index (χ0n) is 22.9. The Bertz CT molecular complexity index is 1140. The summed E-state index contributed by atoms with van der Waals surface area (Å²) in [6.07, 6.45) is 8.41. The zero-order chi connectivity index (χ0) is 24.5. The molecule has 176 valence electrons. The van der Waals surface area contributed by atoms with Gasteiger partial charge in [-0.05, 0) is 84.7 Å². The number of allylic oxidation sites excluding steroid dienone is 4. The lowest BCUT2D eigenvalue weighted by Crippen LogP contribution is -2.19. The molecule has 1 unspecified atom stereocenters. The minimum Gasteiger partial charge on any atom is -0.0729 e. The highest BCUT2D eigenvalue weighted by Gasteiger charge is 2.34. The van der Waals surface area contributed by atoms with E-state index in [9.17, 15) is 0 Å². The molecular formula is C33H44. The van der Waals surface area contributed by atoms with Crippen LogP contribution in [-0.4, -0.2) is 0 Å². The van der Waals surface area contributed by atoms with Crippen molar-refractivity contribution in [3.05, 3.63) is 81.4 Å². The topological polar surface area (TPSA) is 0 Å². The number of hydrogen-bond donors (Lipinski definition) is 0. The fraction of sp³-hybridized carbons (Fsp3) is 0.515. The molecule has 1 atom stereocenters. The van der Waals surface area contributed by atoms with Crippen LogP contribution < -0.4 is 0 Å². The average Bonchev–Trinajstić information content (AvgIpc) is 3.29. The van der Waals surface area contributed by atoms with E-state index in [1.807, 2.05) is 0 Å². The lowest BCUT2D eigenvalue weighted by atomic mass is 9.73. The normalized spacial score (nSPS) is 18.1. The molecule has 4 rings (SSSR count). The lowest BCUT2D eigenvalue weighted by molar-refractivity contribution is 0.517. The fourth-order valence-corrected chi connectivity index (χ4v) is 5.66. The van der Waals surface area contributed by atoms with Crippen LogP contribution in [0.4, 0.5) is 0 Å². The standard InChI is InChI=1S/C33H44/c1-20(2)29-27-17-21-12-14-24(32(6,7)8)18-25(21)26(27)19-28(33(9,10)11)30(29)22-13-15-23(16-22)31(3,4)5/h12-16,18-20,22H,17H2,1-11H3. The molecule has 33 heavy (non-hydrogen) atoms. The smallest absolute Gasteiger partial charge is 0.0213 e. The highest BCUT2D eigenvalue weighted by molar-refractivity contribution is 5.81. The van der Waals surface area contributed by atoms with Crippen LogP contribution in [0.3, 0.4) is 0 Å². The summed E-state index contributed by atoms with van der Waals surface area (Å²) in [5.74, 6) is 0.859. The van der Waals surface area contributed by atoms with E-state index in [2.05, 4.69) is 119 Å². The van der Waals surface area contributed by atoms with Crippen LogP contribution in [0, 0.1) is 5.41 Å². The Labute approximate surface area is 203 Å². The van der Waals surface area contributed by atoms with Crippen LogP contribution in [0.1, 0.15) is 121 Å². The van der Waals surface area contributed by atoms with E-state index < -0.39 is 0 Å². The molecule has 0 spiro atoms. The molecule has 0 radical (unpaired) electrons. The summed E-state index contributed by atoms with van der Waals surface area (Å²) < 4.78 is 0. The largest absolute Gasteiger partial charge is 0.0729 e. The molecular weight excluding hydrogens is 396 g/mol. The van der Waals surface area contributed by atoms with Gasteiger partial charge in [-0.15, -0.1) is 0 Å². The molecule has 0 saturated heterocycles. The van der Waals surface area contributed by atoms with Crippen LogP contribution in [0.25, 0.3) is 11.1 Å². The van der Waals surface area contributed by atoms with Crippen molar-refractivity contribution in [1.82, 2.24) is 0 Å². The third-order valence-corrected chi connectivity index (χ3v) is 7.58. The van der Waals surface area contributed by atoms with Crippen molar-refractivity contribution in [2.45, 2.75) is 105 Å². The van der Waals surface area contributed by atoms with Crippen molar-refractivity contribution in [2.75, 3.05) is 0 Å². The molecule has 0 fully saturated rings. The van der Waals surface area contributed by atoms with E-state index >= 15 is 0 Å². The van der Waals surface area contributed by atoms with Gasteiger partial charge in [-0.25, -0.2) is 0 Å². The Balaban J connectivity index is 2.00. The minimum absolute atomic E-state index is 0.0879. The Morgan fingerprint density at radius 1 is 0.788 bits per heavy atom. The summed E-state index contributed by atoms with van der Waals surface area (Å²) in [6.45, 7) is 25.9. The fourth-order valence-electron chi connectivity index (χ4n) is 5.66. The summed E-state index contributed by atoms with van der Waals surface area (Å²) in [6, 6.07) is 9.78. The first-order valence-electron chi connectivity index (χ1n) is 12.8. The molecule has 0 N–H and O–H groups in total. The van der Waals surface area contributed by atoms with Gasteiger partial charge in [-0.3, -0.25) is 0 Å². The maximum absolute atomic E-state index is 2.56. The Morgan fingerprint density at radius 3 is 1.97 bits per heavy atom. The zero-order valence-corrected chi connectivity index (χ0v) is 22.9. The second-order valence-corrected chi connectivity index (χ2v) is 13.7. The van der Waals surface area contributed by atoms with Gasteiger partial charge in [-0.1, -0.05) is 113 Å². The van der Waals surface area contributed by atoms with Gasteiger partial charge in [0.1, 0.15) is 0 Å². The van der Waals surface area contributed by atoms with Crippen molar-refractivity contribution in [3.63, 3.8) is 0 Å². The second kappa shape index (κ2) is 7.72. The van der Waals surface area contributed by atoms with E-state index in [1.165, 1.54) is 33.4 Å². The van der Waals surface area contributed by atoms with Crippen LogP contribution >= 0.6 is 0 Å². The van der Waals surface area contributed by atoms with E-state index in [0.717, 1.165) is 6.42 Å². The molecule has 0 aromatic heterocycles. The molecule has 0 heterocycles. The molecule has 2 aromatic rings. The summed E-state index contributed by atoms with van der Waals surface area (Å²) in [4.78, 5) is 0. The maximum atomic E-state index is 2.56. The van der Waals surface area contributed by atoms with Crippen molar-refractivity contribution < 1.29 is 0 Å². The Hall–Kier alpha value is -2.08. The molecule has 0 aliphatic heterocycles. The van der Waals surface area contributed by atoms with E-state index in [1.54, 1.807) is 16.7 Å². The Morgan fingerprint density at radius 2 is 1.45 bits per heavy atom. The van der Waals surface area contributed by atoms with Crippen molar-refractivity contribution in [3.8, 4) is 11.1 Å². The summed E-state index contributed by atoms with van der Waals surface area (Å²) >= 11 is 0. The molecule has 0 saturated carbocycles. The summed E-state index contributed by atoms with van der Waals surface area (Å²) in [5, 5.41) is 0. The molecule has 0 amide bonds. The van der Waals surface area contributed by atoms with Crippen LogP contribution in [0.15, 0.2) is 48.1 Å². The molecule has 0 bridgehead atoms. The van der Waals surface area contributed by atoms with Gasteiger partial charge in [0.15, 0.2) is 0 Å². The van der Waals surface area contributed by atoms with E-state index in [0.29, 0.717) is 11.8 Å². The van der Waals surface area contributed by atoms with Gasteiger partial charge in [0.05, 0.1) is 0 Å². The van der Waals surface area contributed by atoms with Gasteiger partial charge in [0.2, 0.25) is 0 Å².